The van der Waals surface area contributed by atoms with Gasteiger partial charge >= 0.3 is 0 Å². The van der Waals surface area contributed by atoms with E-state index in [1.165, 1.54) is 5.56 Å². The Balaban J connectivity index is 1.16. The minimum absolute atomic E-state index is 0.0526. The number of aromatic nitrogens is 3. The van der Waals surface area contributed by atoms with E-state index < -0.39 is 0 Å². The van der Waals surface area contributed by atoms with Crippen LogP contribution in [0.4, 0.5) is 5.69 Å². The number of likely N-dealkylation sites (tertiary alicyclic amines) is 1. The van der Waals surface area contributed by atoms with Gasteiger partial charge in [0.25, 0.3) is 11.8 Å². The number of carbonyl (C=O) groups is 2. The molecule has 1 aliphatic rings. The third kappa shape index (κ3) is 5.90. The first kappa shape index (κ1) is 26.3. The molecule has 1 fully saturated rings. The van der Waals surface area contributed by atoms with E-state index in [1.54, 1.807) is 18.6 Å². The Bertz CT molecular complexity index is 1450. The fourth-order valence-corrected chi connectivity index (χ4v) is 4.78. The number of nitrogens with one attached hydrogen (secondary N) is 1. The molecule has 2 amide bonds. The molecule has 8 nitrogen and oxygen atoms in total. The number of aryl methyl sites for hydroxylation is 1. The Morgan fingerprint density at radius 2 is 1.67 bits per heavy atom. The molecule has 0 bridgehead atoms. The van der Waals surface area contributed by atoms with Gasteiger partial charge in [-0.1, -0.05) is 39.0 Å². The normalized spacial score (nSPS) is 14.3. The van der Waals surface area contributed by atoms with Gasteiger partial charge in [-0.2, -0.15) is 0 Å². The summed E-state index contributed by atoms with van der Waals surface area (Å²) in [6, 6.07) is 15.4. The highest BCUT2D eigenvalue weighted by Crippen LogP contribution is 2.30. The predicted molar refractivity (Wildman–Crippen MR) is 150 cm³/mol. The van der Waals surface area contributed by atoms with Crippen molar-refractivity contribution in [1.82, 2.24) is 19.9 Å². The van der Waals surface area contributed by atoms with Crippen molar-refractivity contribution in [3.05, 3.63) is 95.3 Å². The number of amides is 2. The summed E-state index contributed by atoms with van der Waals surface area (Å²) in [5.74, 6) is 2.03. The van der Waals surface area contributed by atoms with Gasteiger partial charge in [-0.3, -0.25) is 14.6 Å². The second-order valence-electron chi connectivity index (χ2n) is 11.0. The van der Waals surface area contributed by atoms with Gasteiger partial charge in [-0.25, -0.2) is 9.97 Å². The largest absolute Gasteiger partial charge is 0.465 e. The summed E-state index contributed by atoms with van der Waals surface area (Å²) < 4.78 is 5.82. The minimum Gasteiger partial charge on any atom is -0.465 e. The zero-order valence-corrected chi connectivity index (χ0v) is 22.8. The fraction of sp³-hybridized carbons (Fsp3) is 0.323. The van der Waals surface area contributed by atoms with Crippen LogP contribution >= 0.6 is 0 Å². The lowest BCUT2D eigenvalue weighted by Gasteiger charge is -2.32. The molecule has 8 heteroatoms. The molecule has 200 valence electrons. The first-order valence-corrected chi connectivity index (χ1v) is 13.2. The summed E-state index contributed by atoms with van der Waals surface area (Å²) >= 11 is 0. The third-order valence-corrected chi connectivity index (χ3v) is 7.12. The summed E-state index contributed by atoms with van der Waals surface area (Å²) in [5, 5.41) is 2.98. The second kappa shape index (κ2) is 10.8. The van der Waals surface area contributed by atoms with Crippen molar-refractivity contribution in [1.29, 1.82) is 0 Å². The van der Waals surface area contributed by atoms with Crippen LogP contribution in [0.15, 0.2) is 71.5 Å². The zero-order chi connectivity index (χ0) is 27.6. The van der Waals surface area contributed by atoms with Gasteiger partial charge in [0.2, 0.25) is 0 Å². The topological polar surface area (TPSA) is 101 Å². The minimum atomic E-state index is -0.177. The highest BCUT2D eigenvalue weighted by Gasteiger charge is 2.26. The molecule has 0 spiro atoms. The number of rotatable bonds is 5. The SMILES string of the molecule is Cc1oc(C(C)(C)C)cc1C(=O)Nc1ccc(C2CCN(C(=O)c3cnc(-c4ccccn4)nc3)CC2)cc1. The maximum atomic E-state index is 13.0. The third-order valence-electron chi connectivity index (χ3n) is 7.12. The maximum Gasteiger partial charge on any atom is 0.259 e. The van der Waals surface area contributed by atoms with E-state index in [-0.39, 0.29) is 17.2 Å². The summed E-state index contributed by atoms with van der Waals surface area (Å²) in [4.78, 5) is 40.7. The number of hydrogen-bond donors (Lipinski definition) is 1. The van der Waals surface area contributed by atoms with Crippen LogP contribution in [0.2, 0.25) is 0 Å². The van der Waals surface area contributed by atoms with Crippen LogP contribution in [0.1, 0.15) is 77.3 Å². The lowest BCUT2D eigenvalue weighted by molar-refractivity contribution is 0.0712. The van der Waals surface area contributed by atoms with Gasteiger partial charge in [-0.05, 0) is 61.6 Å². The molecule has 0 unspecified atom stereocenters. The van der Waals surface area contributed by atoms with E-state index in [2.05, 4.69) is 53.2 Å². The monoisotopic (exact) mass is 523 g/mol. The van der Waals surface area contributed by atoms with Crippen molar-refractivity contribution in [2.45, 2.75) is 51.9 Å². The maximum absolute atomic E-state index is 13.0. The zero-order valence-electron chi connectivity index (χ0n) is 22.8. The van der Waals surface area contributed by atoms with Crippen molar-refractivity contribution < 1.29 is 14.0 Å². The molecule has 0 atom stereocenters. The van der Waals surface area contributed by atoms with Crippen molar-refractivity contribution in [2.24, 2.45) is 0 Å². The Kier molecular flexibility index (Phi) is 7.28. The highest BCUT2D eigenvalue weighted by molar-refractivity contribution is 6.05. The number of piperidine rings is 1. The van der Waals surface area contributed by atoms with Crippen LogP contribution in [0.5, 0.6) is 0 Å². The van der Waals surface area contributed by atoms with E-state index in [4.69, 9.17) is 4.42 Å². The molecular formula is C31H33N5O3. The van der Waals surface area contributed by atoms with Crippen LogP contribution in [0.25, 0.3) is 11.5 Å². The molecule has 1 aromatic carbocycles. The first-order chi connectivity index (χ1) is 18.7. The molecule has 1 aliphatic heterocycles. The number of hydrogen-bond acceptors (Lipinski definition) is 6. The number of pyridine rings is 1. The average Bonchev–Trinajstić information content (AvgIpc) is 3.36. The molecule has 39 heavy (non-hydrogen) atoms. The molecule has 0 radical (unpaired) electrons. The fourth-order valence-electron chi connectivity index (χ4n) is 4.78. The molecule has 4 aromatic rings. The lowest BCUT2D eigenvalue weighted by atomic mass is 9.89. The highest BCUT2D eigenvalue weighted by atomic mass is 16.3. The molecule has 3 aromatic heterocycles. The molecule has 4 heterocycles. The van der Waals surface area contributed by atoms with Crippen LogP contribution < -0.4 is 5.32 Å². The van der Waals surface area contributed by atoms with Crippen LogP contribution in [0.3, 0.4) is 0 Å². The standard InChI is InChI=1S/C31H33N5O3/c1-20-25(17-27(39-20)31(2,3)4)29(37)35-24-10-8-21(9-11-24)22-12-15-36(16-13-22)30(38)23-18-33-28(34-19-23)26-7-5-6-14-32-26/h5-11,14,17-19,22H,12-13,15-16H2,1-4H3,(H,35,37). The van der Waals surface area contributed by atoms with E-state index in [0.717, 1.165) is 24.3 Å². The van der Waals surface area contributed by atoms with Crippen molar-refractivity contribution in [2.75, 3.05) is 18.4 Å². The Hall–Kier alpha value is -4.33. The van der Waals surface area contributed by atoms with Gasteiger partial charge in [0.15, 0.2) is 5.82 Å². The average molecular weight is 524 g/mol. The smallest absolute Gasteiger partial charge is 0.259 e. The van der Waals surface area contributed by atoms with E-state index in [9.17, 15) is 9.59 Å². The van der Waals surface area contributed by atoms with Crippen molar-refractivity contribution in [3.8, 4) is 11.5 Å². The molecule has 5 rings (SSSR count). The summed E-state index contributed by atoms with van der Waals surface area (Å²) in [7, 11) is 0. The van der Waals surface area contributed by atoms with E-state index >= 15 is 0 Å². The summed E-state index contributed by atoms with van der Waals surface area (Å²) in [6.45, 7) is 9.32. The Morgan fingerprint density at radius 3 is 2.26 bits per heavy atom. The van der Waals surface area contributed by atoms with Gasteiger partial charge in [-0.15, -0.1) is 0 Å². The van der Waals surface area contributed by atoms with E-state index in [1.807, 2.05) is 48.2 Å². The summed E-state index contributed by atoms with van der Waals surface area (Å²) in [5.41, 5.74) is 3.49. The van der Waals surface area contributed by atoms with Crippen LogP contribution in [0, 0.1) is 6.92 Å². The van der Waals surface area contributed by atoms with Gasteiger partial charge in [0, 0.05) is 42.8 Å². The second-order valence-corrected chi connectivity index (χ2v) is 11.0. The van der Waals surface area contributed by atoms with E-state index in [0.29, 0.717) is 47.4 Å². The quantitative estimate of drug-likeness (QED) is 0.344. The molecule has 1 N–H and O–H groups in total. The molecule has 1 saturated heterocycles. The van der Waals surface area contributed by atoms with Gasteiger partial charge < -0.3 is 14.6 Å². The van der Waals surface area contributed by atoms with Crippen LogP contribution in [-0.2, 0) is 5.41 Å². The number of carbonyl (C=O) groups excluding carboxylic acids is 2. The Labute approximate surface area is 228 Å². The van der Waals surface area contributed by atoms with Crippen LogP contribution in [-0.4, -0.2) is 44.8 Å². The lowest BCUT2D eigenvalue weighted by Crippen LogP contribution is -2.38. The number of anilines is 1. The Morgan fingerprint density at radius 1 is 0.974 bits per heavy atom. The molecule has 0 aliphatic carbocycles. The first-order valence-electron chi connectivity index (χ1n) is 13.2. The summed E-state index contributed by atoms with van der Waals surface area (Å²) in [6.07, 6.45) is 6.58. The number of furan rings is 1. The van der Waals surface area contributed by atoms with Crippen molar-refractivity contribution in [3.63, 3.8) is 0 Å². The molecular weight excluding hydrogens is 490 g/mol. The number of nitrogens with zero attached hydrogens (tertiary/aromatic N) is 4. The molecule has 0 saturated carbocycles. The van der Waals surface area contributed by atoms with Crippen molar-refractivity contribution >= 4 is 17.5 Å². The number of benzene rings is 1. The predicted octanol–water partition coefficient (Wildman–Crippen LogP) is 6.01. The van der Waals surface area contributed by atoms with Gasteiger partial charge in [0.1, 0.15) is 17.2 Å². The van der Waals surface area contributed by atoms with Gasteiger partial charge in [0.05, 0.1) is 11.1 Å².